The molecule has 0 fully saturated rings. The Kier molecular flexibility index (Phi) is 9.79. The van der Waals surface area contributed by atoms with E-state index in [1.807, 2.05) is 28.2 Å². The number of aryl methyl sites for hydroxylation is 1. The number of nitrogen functional groups attached to an aromatic ring is 2. The highest BCUT2D eigenvalue weighted by Gasteiger charge is 2.29. The van der Waals surface area contributed by atoms with E-state index in [4.69, 9.17) is 37.6 Å². The highest BCUT2D eigenvalue weighted by molar-refractivity contribution is 6.31. The van der Waals surface area contributed by atoms with Gasteiger partial charge in [0.15, 0.2) is 33.8 Å². The second-order valence-corrected chi connectivity index (χ2v) is 8.29. The summed E-state index contributed by atoms with van der Waals surface area (Å²) >= 11 is 5.94. The third kappa shape index (κ3) is 6.02. The Morgan fingerprint density at radius 3 is 2.58 bits per heavy atom. The molecule has 2 aromatic heterocycles. The van der Waals surface area contributed by atoms with E-state index in [0.717, 1.165) is 16.9 Å². The number of halogens is 1. The predicted molar refractivity (Wildman–Crippen MR) is 133 cm³/mol. The summed E-state index contributed by atoms with van der Waals surface area (Å²) in [5, 5.41) is 28.0. The first-order valence-electron chi connectivity index (χ1n) is 11.6. The SMILES string of the molecule is CC[n+]1c(CCC(=O)c2nc(Cl)c(N)nc2N)n(CCOCCO)c2cccc(OC(CO)CO)c21. The quantitative estimate of drug-likeness (QED) is 0.110. The summed E-state index contributed by atoms with van der Waals surface area (Å²) in [7, 11) is 0. The lowest BCUT2D eigenvalue weighted by molar-refractivity contribution is -0.676. The first-order chi connectivity index (χ1) is 17.4. The van der Waals surface area contributed by atoms with Gasteiger partial charge in [-0.15, -0.1) is 0 Å². The van der Waals surface area contributed by atoms with Gasteiger partial charge in [-0.3, -0.25) is 4.79 Å². The van der Waals surface area contributed by atoms with Crippen LogP contribution in [0.15, 0.2) is 18.2 Å². The van der Waals surface area contributed by atoms with Crippen molar-refractivity contribution < 1.29 is 34.2 Å². The molecule has 13 heteroatoms. The van der Waals surface area contributed by atoms with E-state index in [1.54, 1.807) is 6.07 Å². The molecule has 12 nitrogen and oxygen atoms in total. The van der Waals surface area contributed by atoms with Gasteiger partial charge in [0.05, 0.1) is 46.0 Å². The number of aromatic nitrogens is 4. The maximum absolute atomic E-state index is 13.0. The van der Waals surface area contributed by atoms with Gasteiger partial charge in [-0.2, -0.15) is 0 Å². The van der Waals surface area contributed by atoms with Gasteiger partial charge in [0, 0.05) is 6.42 Å². The summed E-state index contributed by atoms with van der Waals surface area (Å²) in [5.41, 5.74) is 13.0. The number of ether oxygens (including phenoxy) is 2. The molecule has 3 rings (SSSR count). The molecule has 0 aliphatic rings. The summed E-state index contributed by atoms with van der Waals surface area (Å²) in [6, 6.07) is 5.50. The summed E-state index contributed by atoms with van der Waals surface area (Å²) < 4.78 is 15.4. The second kappa shape index (κ2) is 12.8. The van der Waals surface area contributed by atoms with Crippen molar-refractivity contribution in [2.45, 2.75) is 39.0 Å². The first kappa shape index (κ1) is 27.6. The normalized spacial score (nSPS) is 11.5. The van der Waals surface area contributed by atoms with E-state index in [9.17, 15) is 15.0 Å². The number of imidazole rings is 1. The van der Waals surface area contributed by atoms with Crippen LogP contribution in [0.4, 0.5) is 11.6 Å². The predicted octanol–water partition coefficient (Wildman–Crippen LogP) is 0.113. The molecular formula is C23H32ClN6O6+. The maximum atomic E-state index is 13.0. The van der Waals surface area contributed by atoms with Crippen LogP contribution in [-0.2, 0) is 24.2 Å². The highest BCUT2D eigenvalue weighted by atomic mass is 35.5. The van der Waals surface area contributed by atoms with Crippen molar-refractivity contribution in [1.29, 1.82) is 0 Å². The maximum Gasteiger partial charge on any atom is 0.258 e. The molecule has 0 spiro atoms. The Balaban J connectivity index is 2.01. The zero-order chi connectivity index (χ0) is 26.2. The Bertz CT molecular complexity index is 1200. The number of rotatable bonds is 14. The third-order valence-electron chi connectivity index (χ3n) is 5.62. The van der Waals surface area contributed by atoms with Gasteiger partial charge in [0.1, 0.15) is 18.3 Å². The molecule has 3 aromatic rings. The topological polar surface area (TPSA) is 183 Å². The fraction of sp³-hybridized carbons (Fsp3) is 0.478. The zero-order valence-corrected chi connectivity index (χ0v) is 20.8. The Hall–Kier alpha value is -3.03. The van der Waals surface area contributed by atoms with Crippen LogP contribution in [0.25, 0.3) is 11.0 Å². The number of Topliss-reactive ketones (excluding diaryl/α,β-unsaturated/α-hetero) is 1. The monoisotopic (exact) mass is 523 g/mol. The van der Waals surface area contributed by atoms with E-state index in [2.05, 4.69) is 9.97 Å². The number of carbonyl (C=O) groups excluding carboxylic acids is 1. The molecule has 0 aliphatic carbocycles. The fourth-order valence-electron chi connectivity index (χ4n) is 3.99. The minimum atomic E-state index is -0.779. The molecule has 0 bridgehead atoms. The van der Waals surface area contributed by atoms with Gasteiger partial charge in [-0.05, 0) is 19.1 Å². The van der Waals surface area contributed by atoms with Crippen molar-refractivity contribution in [3.8, 4) is 5.75 Å². The van der Waals surface area contributed by atoms with Gasteiger partial charge in [-0.1, -0.05) is 17.7 Å². The Labute approximate surface area is 213 Å². The lowest BCUT2D eigenvalue weighted by Crippen LogP contribution is -2.38. The number of benzene rings is 1. The number of nitrogens with two attached hydrogens (primary N) is 2. The van der Waals surface area contributed by atoms with Crippen molar-refractivity contribution >= 4 is 40.1 Å². The van der Waals surface area contributed by atoms with Gasteiger partial charge in [0.2, 0.25) is 5.52 Å². The molecule has 0 saturated carbocycles. The number of anilines is 2. The van der Waals surface area contributed by atoms with Crippen molar-refractivity contribution in [3.63, 3.8) is 0 Å². The van der Waals surface area contributed by atoms with E-state index in [-0.39, 0.29) is 61.1 Å². The number of carbonyl (C=O) groups is 1. The van der Waals surface area contributed by atoms with E-state index in [1.165, 1.54) is 0 Å². The molecule has 2 heterocycles. The third-order valence-corrected chi connectivity index (χ3v) is 5.90. The highest BCUT2D eigenvalue weighted by Crippen LogP contribution is 2.27. The van der Waals surface area contributed by atoms with Crippen LogP contribution in [0.1, 0.15) is 29.7 Å². The van der Waals surface area contributed by atoms with Crippen LogP contribution in [0, 0.1) is 0 Å². The van der Waals surface area contributed by atoms with Crippen LogP contribution in [0.5, 0.6) is 5.75 Å². The Morgan fingerprint density at radius 2 is 1.92 bits per heavy atom. The molecule has 0 aliphatic heterocycles. The second-order valence-electron chi connectivity index (χ2n) is 7.93. The average Bonchev–Trinajstić information content (AvgIpc) is 3.18. The van der Waals surface area contributed by atoms with Gasteiger partial charge >= 0.3 is 0 Å². The number of fused-ring (bicyclic) bond motifs is 1. The summed E-state index contributed by atoms with van der Waals surface area (Å²) in [6.07, 6.45) is -0.383. The fourth-order valence-corrected chi connectivity index (χ4v) is 4.12. The minimum Gasteiger partial charge on any atom is -0.481 e. The first-order valence-corrected chi connectivity index (χ1v) is 12.0. The molecule has 0 amide bonds. The molecule has 0 radical (unpaired) electrons. The van der Waals surface area contributed by atoms with Crippen LogP contribution in [-0.4, -0.2) is 74.8 Å². The number of ketones is 1. The average molecular weight is 524 g/mol. The molecule has 1 aromatic carbocycles. The lowest BCUT2D eigenvalue weighted by atomic mass is 10.1. The van der Waals surface area contributed by atoms with Gasteiger partial charge in [0.25, 0.3) is 5.82 Å². The van der Waals surface area contributed by atoms with E-state index < -0.39 is 6.10 Å². The molecule has 0 saturated heterocycles. The zero-order valence-electron chi connectivity index (χ0n) is 20.1. The van der Waals surface area contributed by atoms with Crippen molar-refractivity contribution in [1.82, 2.24) is 14.5 Å². The summed E-state index contributed by atoms with van der Waals surface area (Å²) in [6.45, 7) is 2.75. The van der Waals surface area contributed by atoms with Gasteiger partial charge < -0.3 is 36.3 Å². The van der Waals surface area contributed by atoms with E-state index >= 15 is 0 Å². The van der Waals surface area contributed by atoms with Gasteiger partial charge in [-0.25, -0.2) is 19.1 Å². The number of aliphatic hydroxyl groups is 3. The smallest absolute Gasteiger partial charge is 0.258 e. The number of hydrogen-bond acceptors (Lipinski definition) is 10. The number of nitrogens with zero attached hydrogens (tertiary/aromatic N) is 4. The van der Waals surface area contributed by atoms with Crippen LogP contribution >= 0.6 is 11.6 Å². The van der Waals surface area contributed by atoms with E-state index in [0.29, 0.717) is 31.9 Å². The van der Waals surface area contributed by atoms with Crippen molar-refractivity contribution in [3.05, 3.63) is 34.9 Å². The summed E-state index contributed by atoms with van der Waals surface area (Å²) in [4.78, 5) is 20.9. The largest absolute Gasteiger partial charge is 0.481 e. The minimum absolute atomic E-state index is 0.0380. The van der Waals surface area contributed by atoms with Crippen LogP contribution < -0.4 is 20.8 Å². The number of hydrogen-bond donors (Lipinski definition) is 5. The molecule has 0 unspecified atom stereocenters. The molecule has 0 atom stereocenters. The molecular weight excluding hydrogens is 492 g/mol. The van der Waals surface area contributed by atoms with Crippen LogP contribution in [0.2, 0.25) is 5.15 Å². The van der Waals surface area contributed by atoms with Crippen LogP contribution in [0.3, 0.4) is 0 Å². The number of para-hydroxylation sites is 1. The summed E-state index contributed by atoms with van der Waals surface area (Å²) in [5.74, 6) is 0.842. The Morgan fingerprint density at radius 1 is 1.17 bits per heavy atom. The molecule has 36 heavy (non-hydrogen) atoms. The van der Waals surface area contributed by atoms with Crippen molar-refractivity contribution in [2.24, 2.45) is 0 Å². The standard InChI is InChI=1S/C23H31ClN6O6/c1-2-29-18(7-6-16(34)19-22(25)28-23(26)21(24)27-19)30(8-10-35-11-9-31)15-4-3-5-17(20(15)29)36-14(12-32)13-33/h3-5,14,31-33H,2,6-13H2,1H3,(H3-,25,26,28,34)/p+1. The molecule has 196 valence electrons. The van der Waals surface area contributed by atoms with Crippen molar-refractivity contribution in [2.75, 3.05) is 44.5 Å². The lowest BCUT2D eigenvalue weighted by Gasteiger charge is -2.14. The molecule has 7 N–H and O–H groups in total. The number of aliphatic hydroxyl groups excluding tert-OH is 3.